The van der Waals surface area contributed by atoms with Crippen molar-refractivity contribution in [3.05, 3.63) is 34.4 Å². The Morgan fingerprint density at radius 2 is 2.26 bits per heavy atom. The molecule has 1 aromatic heterocycles. The van der Waals surface area contributed by atoms with E-state index in [0.717, 1.165) is 19.3 Å². The van der Waals surface area contributed by atoms with Crippen molar-refractivity contribution in [2.45, 2.75) is 32.2 Å². The molecule has 0 radical (unpaired) electrons. The van der Waals surface area contributed by atoms with Gasteiger partial charge >= 0.3 is 0 Å². The van der Waals surface area contributed by atoms with Gasteiger partial charge in [-0.15, -0.1) is 0 Å². The van der Waals surface area contributed by atoms with Crippen LogP contribution in [0.5, 0.6) is 0 Å². The Labute approximate surface area is 119 Å². The summed E-state index contributed by atoms with van der Waals surface area (Å²) in [6.07, 6.45) is 2.89. The van der Waals surface area contributed by atoms with Gasteiger partial charge in [0, 0.05) is 5.56 Å². The molecule has 0 unspecified atom stereocenters. The Morgan fingerprint density at radius 3 is 2.95 bits per heavy atom. The normalized spacial score (nSPS) is 12.6. The summed E-state index contributed by atoms with van der Waals surface area (Å²) in [5, 5.41) is 3.88. The van der Waals surface area contributed by atoms with E-state index in [2.05, 4.69) is 33.0 Å². The summed E-state index contributed by atoms with van der Waals surface area (Å²) < 4.78 is 18.7. The maximum absolute atomic E-state index is 13.2. The average Bonchev–Trinajstić information content (AvgIpc) is 2.89. The van der Waals surface area contributed by atoms with E-state index >= 15 is 0 Å². The molecular weight excluding hydrogens is 313 g/mol. The second-order valence-corrected chi connectivity index (χ2v) is 5.19. The van der Waals surface area contributed by atoms with Crippen molar-refractivity contribution in [2.75, 3.05) is 0 Å². The molecule has 0 saturated carbocycles. The van der Waals surface area contributed by atoms with Crippen LogP contribution in [0.1, 0.15) is 38.1 Å². The highest BCUT2D eigenvalue weighted by Gasteiger charge is 2.15. The number of rotatable bonds is 5. The summed E-state index contributed by atoms with van der Waals surface area (Å²) in [5.41, 5.74) is 6.65. The van der Waals surface area contributed by atoms with Crippen LogP contribution < -0.4 is 5.73 Å². The fraction of sp³-hybridized carbons (Fsp3) is 0.385. The van der Waals surface area contributed by atoms with Crippen LogP contribution in [0.2, 0.25) is 0 Å². The Bertz CT molecular complexity index is 559. The Balaban J connectivity index is 2.18. The first-order valence-corrected chi connectivity index (χ1v) is 6.95. The molecule has 1 heterocycles. The van der Waals surface area contributed by atoms with Crippen molar-refractivity contribution in [2.24, 2.45) is 5.73 Å². The summed E-state index contributed by atoms with van der Waals surface area (Å²) in [5.74, 6) is 0.513. The van der Waals surface area contributed by atoms with Gasteiger partial charge in [0.15, 0.2) is 0 Å². The van der Waals surface area contributed by atoms with Crippen molar-refractivity contribution < 1.29 is 8.91 Å². The molecule has 2 rings (SSSR count). The van der Waals surface area contributed by atoms with E-state index in [4.69, 9.17) is 10.3 Å². The Morgan fingerprint density at radius 1 is 1.47 bits per heavy atom. The predicted molar refractivity (Wildman–Crippen MR) is 73.8 cm³/mol. The first kappa shape index (κ1) is 14.1. The largest absolute Gasteiger partial charge is 0.337 e. The van der Waals surface area contributed by atoms with Gasteiger partial charge in [-0.1, -0.05) is 24.9 Å². The third-order valence-electron chi connectivity index (χ3n) is 2.81. The summed E-state index contributed by atoms with van der Waals surface area (Å²) in [6.45, 7) is 2.10. The van der Waals surface area contributed by atoms with Gasteiger partial charge in [-0.25, -0.2) is 4.39 Å². The molecule has 0 spiro atoms. The number of aromatic nitrogens is 2. The van der Waals surface area contributed by atoms with Gasteiger partial charge < -0.3 is 10.3 Å². The Kier molecular flexibility index (Phi) is 4.66. The third-order valence-corrected chi connectivity index (χ3v) is 3.41. The number of hydrogen-bond donors (Lipinski definition) is 1. The minimum atomic E-state index is -0.327. The fourth-order valence-corrected chi connectivity index (χ4v) is 2.06. The second-order valence-electron chi connectivity index (χ2n) is 4.33. The van der Waals surface area contributed by atoms with Crippen LogP contribution in [-0.2, 0) is 0 Å². The molecule has 0 aliphatic carbocycles. The maximum Gasteiger partial charge on any atom is 0.243 e. The molecule has 0 saturated heterocycles. The average molecular weight is 328 g/mol. The number of unbranched alkanes of at least 4 members (excludes halogenated alkanes) is 1. The SMILES string of the molecule is CCCC[C@H](N)c1nc(-c2ccc(F)c(Br)c2)no1. The minimum absolute atomic E-state index is 0.245. The molecule has 0 aliphatic rings. The van der Waals surface area contributed by atoms with Crippen LogP contribution in [0.4, 0.5) is 4.39 Å². The number of hydrogen-bond acceptors (Lipinski definition) is 4. The molecule has 2 N–H and O–H groups in total. The number of nitrogens with two attached hydrogens (primary N) is 1. The molecule has 102 valence electrons. The fourth-order valence-electron chi connectivity index (χ4n) is 1.69. The summed E-state index contributed by atoms with van der Waals surface area (Å²) in [6, 6.07) is 4.32. The molecule has 0 bridgehead atoms. The van der Waals surface area contributed by atoms with E-state index in [-0.39, 0.29) is 11.9 Å². The molecular formula is C13H15BrFN3O. The van der Waals surface area contributed by atoms with Crippen LogP contribution >= 0.6 is 15.9 Å². The lowest BCUT2D eigenvalue weighted by atomic mass is 10.1. The highest BCUT2D eigenvalue weighted by atomic mass is 79.9. The molecule has 0 fully saturated rings. The standard InChI is InChI=1S/C13H15BrFN3O/c1-2-3-4-11(16)13-17-12(18-19-13)8-5-6-10(15)9(14)7-8/h5-7,11H,2-4,16H2,1H3/t11-/m0/s1. The molecule has 4 nitrogen and oxygen atoms in total. The summed E-state index contributed by atoms with van der Waals surface area (Å²) in [7, 11) is 0. The molecule has 2 aromatic rings. The van der Waals surface area contributed by atoms with Crippen LogP contribution in [0.25, 0.3) is 11.4 Å². The molecule has 0 amide bonds. The van der Waals surface area contributed by atoms with Gasteiger partial charge in [0.05, 0.1) is 10.5 Å². The summed E-state index contributed by atoms with van der Waals surface area (Å²) in [4.78, 5) is 4.26. The van der Waals surface area contributed by atoms with E-state index in [1.54, 1.807) is 12.1 Å². The first-order valence-electron chi connectivity index (χ1n) is 6.16. The summed E-state index contributed by atoms with van der Waals surface area (Å²) >= 11 is 3.13. The smallest absolute Gasteiger partial charge is 0.243 e. The zero-order chi connectivity index (χ0) is 13.8. The van der Waals surface area contributed by atoms with Crippen molar-refractivity contribution in [1.29, 1.82) is 0 Å². The maximum atomic E-state index is 13.2. The zero-order valence-electron chi connectivity index (χ0n) is 10.6. The van der Waals surface area contributed by atoms with Crippen molar-refractivity contribution in [3.63, 3.8) is 0 Å². The quantitative estimate of drug-likeness (QED) is 0.906. The van der Waals surface area contributed by atoms with Crippen LogP contribution in [0.15, 0.2) is 27.2 Å². The number of halogens is 2. The third kappa shape index (κ3) is 3.39. The van der Waals surface area contributed by atoms with Crippen LogP contribution in [0.3, 0.4) is 0 Å². The Hall–Kier alpha value is -1.27. The first-order chi connectivity index (χ1) is 9.11. The number of nitrogens with zero attached hydrogens (tertiary/aromatic N) is 2. The predicted octanol–water partition coefficient (Wildman–Crippen LogP) is 3.83. The van der Waals surface area contributed by atoms with Gasteiger partial charge in [0.1, 0.15) is 5.82 Å². The second kappa shape index (κ2) is 6.25. The lowest BCUT2D eigenvalue weighted by Crippen LogP contribution is -2.10. The van der Waals surface area contributed by atoms with Gasteiger partial charge in [-0.3, -0.25) is 0 Å². The molecule has 1 aromatic carbocycles. The topological polar surface area (TPSA) is 64.9 Å². The number of benzene rings is 1. The lowest BCUT2D eigenvalue weighted by Gasteiger charge is -2.03. The lowest BCUT2D eigenvalue weighted by molar-refractivity contribution is 0.346. The highest BCUT2D eigenvalue weighted by molar-refractivity contribution is 9.10. The van der Waals surface area contributed by atoms with Crippen molar-refractivity contribution >= 4 is 15.9 Å². The minimum Gasteiger partial charge on any atom is -0.337 e. The van der Waals surface area contributed by atoms with E-state index in [1.807, 2.05) is 0 Å². The van der Waals surface area contributed by atoms with E-state index in [0.29, 0.717) is 21.8 Å². The van der Waals surface area contributed by atoms with Gasteiger partial charge in [-0.2, -0.15) is 4.98 Å². The zero-order valence-corrected chi connectivity index (χ0v) is 12.2. The van der Waals surface area contributed by atoms with Gasteiger partial charge in [-0.05, 0) is 40.5 Å². The van der Waals surface area contributed by atoms with Crippen LogP contribution in [0, 0.1) is 5.82 Å². The van der Waals surface area contributed by atoms with E-state index in [9.17, 15) is 4.39 Å². The van der Waals surface area contributed by atoms with E-state index in [1.165, 1.54) is 6.07 Å². The monoisotopic (exact) mass is 327 g/mol. The van der Waals surface area contributed by atoms with Crippen molar-refractivity contribution in [1.82, 2.24) is 10.1 Å². The highest BCUT2D eigenvalue weighted by Crippen LogP contribution is 2.24. The molecule has 1 atom stereocenters. The van der Waals surface area contributed by atoms with Crippen molar-refractivity contribution in [3.8, 4) is 11.4 Å². The van der Waals surface area contributed by atoms with Crippen LogP contribution in [-0.4, -0.2) is 10.1 Å². The van der Waals surface area contributed by atoms with Gasteiger partial charge in [0.25, 0.3) is 0 Å². The van der Waals surface area contributed by atoms with E-state index < -0.39 is 0 Å². The molecule has 19 heavy (non-hydrogen) atoms. The molecule has 6 heteroatoms. The van der Waals surface area contributed by atoms with Gasteiger partial charge in [0.2, 0.25) is 11.7 Å². The molecule has 0 aliphatic heterocycles.